The van der Waals surface area contributed by atoms with E-state index in [0.29, 0.717) is 22.6 Å². The lowest BCUT2D eigenvalue weighted by Gasteiger charge is -1.97. The van der Waals surface area contributed by atoms with Crippen LogP contribution in [0, 0.1) is 11.3 Å². The predicted molar refractivity (Wildman–Crippen MR) is 60.7 cm³/mol. The smallest absolute Gasteiger partial charge is 0.276 e. The van der Waals surface area contributed by atoms with E-state index in [1.165, 1.54) is 11.8 Å². The number of nitriles is 1. The Kier molecular flexibility index (Phi) is 3.69. The zero-order valence-corrected chi connectivity index (χ0v) is 9.65. The van der Waals surface area contributed by atoms with Crippen LogP contribution in [0.2, 0.25) is 0 Å². The van der Waals surface area contributed by atoms with Crippen LogP contribution in [0.5, 0.6) is 0 Å². The monoisotopic (exact) mass is 247 g/mol. The molecule has 0 aliphatic rings. The molecule has 0 aliphatic heterocycles. The SMILES string of the molecule is N#Cc1cc(CSc2nnc(CN)o2)ccn1. The minimum atomic E-state index is 0.237. The Bertz CT molecular complexity index is 548. The molecule has 86 valence electrons. The molecular weight excluding hydrogens is 238 g/mol. The number of pyridine rings is 1. The first-order valence-corrected chi connectivity index (χ1v) is 5.80. The molecule has 0 atom stereocenters. The molecule has 0 fully saturated rings. The summed E-state index contributed by atoms with van der Waals surface area (Å²) in [6.45, 7) is 0.237. The fourth-order valence-electron chi connectivity index (χ4n) is 1.15. The van der Waals surface area contributed by atoms with E-state index in [0.717, 1.165) is 5.56 Å². The van der Waals surface area contributed by atoms with Crippen LogP contribution in [0.1, 0.15) is 17.1 Å². The summed E-state index contributed by atoms with van der Waals surface area (Å²) < 4.78 is 5.25. The van der Waals surface area contributed by atoms with Crippen molar-refractivity contribution < 1.29 is 4.42 Å². The highest BCUT2D eigenvalue weighted by atomic mass is 32.2. The fourth-order valence-corrected chi connectivity index (χ4v) is 1.87. The molecular formula is C10H9N5OS. The molecule has 0 spiro atoms. The molecule has 0 aliphatic carbocycles. The van der Waals surface area contributed by atoms with Gasteiger partial charge in [0.2, 0.25) is 5.89 Å². The highest BCUT2D eigenvalue weighted by molar-refractivity contribution is 7.98. The molecule has 2 aromatic heterocycles. The normalized spacial score (nSPS) is 10.1. The Morgan fingerprint density at radius 2 is 2.35 bits per heavy atom. The highest BCUT2D eigenvalue weighted by Crippen LogP contribution is 2.21. The van der Waals surface area contributed by atoms with Crippen molar-refractivity contribution in [2.24, 2.45) is 5.73 Å². The van der Waals surface area contributed by atoms with E-state index in [2.05, 4.69) is 15.2 Å². The number of nitrogens with two attached hydrogens (primary N) is 1. The average Bonchev–Trinajstić information content (AvgIpc) is 2.84. The summed E-state index contributed by atoms with van der Waals surface area (Å²) in [7, 11) is 0. The molecule has 2 N–H and O–H groups in total. The van der Waals surface area contributed by atoms with Crippen molar-refractivity contribution in [3.63, 3.8) is 0 Å². The van der Waals surface area contributed by atoms with Gasteiger partial charge in [-0.15, -0.1) is 10.2 Å². The van der Waals surface area contributed by atoms with Crippen molar-refractivity contribution in [1.82, 2.24) is 15.2 Å². The van der Waals surface area contributed by atoms with E-state index in [1.807, 2.05) is 12.1 Å². The van der Waals surface area contributed by atoms with Crippen LogP contribution < -0.4 is 5.73 Å². The summed E-state index contributed by atoms with van der Waals surface area (Å²) in [6, 6.07) is 5.56. The van der Waals surface area contributed by atoms with Crippen molar-refractivity contribution in [2.75, 3.05) is 0 Å². The van der Waals surface area contributed by atoms with E-state index >= 15 is 0 Å². The van der Waals surface area contributed by atoms with Crippen molar-refractivity contribution in [3.8, 4) is 6.07 Å². The van der Waals surface area contributed by atoms with Gasteiger partial charge in [0, 0.05) is 11.9 Å². The number of rotatable bonds is 4. The molecule has 0 saturated carbocycles. The number of thioether (sulfide) groups is 1. The number of nitrogens with zero attached hydrogens (tertiary/aromatic N) is 4. The van der Waals surface area contributed by atoms with Gasteiger partial charge in [-0.05, 0) is 17.7 Å². The first kappa shape index (κ1) is 11.6. The van der Waals surface area contributed by atoms with Gasteiger partial charge in [-0.1, -0.05) is 11.8 Å². The third-order valence-electron chi connectivity index (χ3n) is 1.92. The molecule has 2 rings (SSSR count). The standard InChI is InChI=1S/C10H9N5OS/c11-4-8-3-7(1-2-13-8)6-17-10-15-14-9(5-12)16-10/h1-3H,5-6,12H2. The van der Waals surface area contributed by atoms with Gasteiger partial charge in [-0.25, -0.2) is 4.98 Å². The van der Waals surface area contributed by atoms with Crippen LogP contribution in [0.4, 0.5) is 0 Å². The van der Waals surface area contributed by atoms with Gasteiger partial charge in [0.15, 0.2) is 0 Å². The van der Waals surface area contributed by atoms with E-state index in [4.69, 9.17) is 15.4 Å². The van der Waals surface area contributed by atoms with Gasteiger partial charge in [0.25, 0.3) is 5.22 Å². The van der Waals surface area contributed by atoms with Crippen LogP contribution in [0.15, 0.2) is 28.0 Å². The van der Waals surface area contributed by atoms with E-state index < -0.39 is 0 Å². The maximum absolute atomic E-state index is 8.71. The first-order valence-electron chi connectivity index (χ1n) is 4.82. The second-order valence-corrected chi connectivity index (χ2v) is 4.04. The molecule has 2 heterocycles. The van der Waals surface area contributed by atoms with Crippen LogP contribution in [-0.2, 0) is 12.3 Å². The minimum absolute atomic E-state index is 0.237. The van der Waals surface area contributed by atoms with Crippen LogP contribution >= 0.6 is 11.8 Å². The lowest BCUT2D eigenvalue weighted by atomic mass is 10.2. The quantitative estimate of drug-likeness (QED) is 0.806. The molecule has 17 heavy (non-hydrogen) atoms. The molecule has 0 aromatic carbocycles. The molecule has 0 unspecified atom stereocenters. The van der Waals surface area contributed by atoms with Gasteiger partial charge >= 0.3 is 0 Å². The predicted octanol–water partition coefficient (Wildman–Crippen LogP) is 1.09. The average molecular weight is 247 g/mol. The maximum Gasteiger partial charge on any atom is 0.276 e. The number of aromatic nitrogens is 3. The molecule has 0 amide bonds. The Morgan fingerprint density at radius 3 is 3.06 bits per heavy atom. The van der Waals surface area contributed by atoms with Crippen LogP contribution in [-0.4, -0.2) is 15.2 Å². The maximum atomic E-state index is 8.71. The van der Waals surface area contributed by atoms with Crippen molar-refractivity contribution in [3.05, 3.63) is 35.5 Å². The third kappa shape index (κ3) is 3.03. The second kappa shape index (κ2) is 5.43. The summed E-state index contributed by atoms with van der Waals surface area (Å²) in [5.74, 6) is 1.06. The van der Waals surface area contributed by atoms with Gasteiger partial charge < -0.3 is 10.2 Å². The van der Waals surface area contributed by atoms with E-state index in [9.17, 15) is 0 Å². The molecule has 0 saturated heterocycles. The Hall–Kier alpha value is -1.91. The molecule has 6 nitrogen and oxygen atoms in total. The van der Waals surface area contributed by atoms with Crippen LogP contribution in [0.3, 0.4) is 0 Å². The van der Waals surface area contributed by atoms with Gasteiger partial charge in [-0.3, -0.25) is 0 Å². The Morgan fingerprint density at radius 1 is 1.47 bits per heavy atom. The van der Waals surface area contributed by atoms with Gasteiger partial charge in [0.1, 0.15) is 11.8 Å². The fraction of sp³-hybridized carbons (Fsp3) is 0.200. The van der Waals surface area contributed by atoms with Crippen LogP contribution in [0.25, 0.3) is 0 Å². The largest absolute Gasteiger partial charge is 0.415 e. The summed E-state index contributed by atoms with van der Waals surface area (Å²) >= 11 is 1.40. The summed E-state index contributed by atoms with van der Waals surface area (Å²) in [5.41, 5.74) is 6.74. The van der Waals surface area contributed by atoms with E-state index in [1.54, 1.807) is 12.3 Å². The third-order valence-corrected chi connectivity index (χ3v) is 2.81. The summed E-state index contributed by atoms with van der Waals surface area (Å²) in [6.07, 6.45) is 1.60. The van der Waals surface area contributed by atoms with Crippen molar-refractivity contribution in [2.45, 2.75) is 17.5 Å². The topological polar surface area (TPSA) is 102 Å². The minimum Gasteiger partial charge on any atom is -0.415 e. The molecule has 0 radical (unpaired) electrons. The molecule has 2 aromatic rings. The Labute approximate surface area is 102 Å². The van der Waals surface area contributed by atoms with Crippen molar-refractivity contribution >= 4 is 11.8 Å². The van der Waals surface area contributed by atoms with Gasteiger partial charge in [-0.2, -0.15) is 5.26 Å². The molecule has 7 heteroatoms. The van der Waals surface area contributed by atoms with Crippen molar-refractivity contribution in [1.29, 1.82) is 5.26 Å². The Balaban J connectivity index is 1.99. The molecule has 0 bridgehead atoms. The van der Waals surface area contributed by atoms with Gasteiger partial charge in [0.05, 0.1) is 6.54 Å². The lowest BCUT2D eigenvalue weighted by molar-refractivity contribution is 0.415. The first-order chi connectivity index (χ1) is 8.31. The highest BCUT2D eigenvalue weighted by Gasteiger charge is 2.05. The second-order valence-electron chi connectivity index (χ2n) is 3.12. The summed E-state index contributed by atoms with van der Waals surface area (Å²) in [4.78, 5) is 3.89. The zero-order chi connectivity index (χ0) is 12.1. The van der Waals surface area contributed by atoms with E-state index in [-0.39, 0.29) is 6.54 Å². The zero-order valence-electron chi connectivity index (χ0n) is 8.83. The number of hydrogen-bond donors (Lipinski definition) is 1. The number of hydrogen-bond acceptors (Lipinski definition) is 7. The summed E-state index contributed by atoms with van der Waals surface area (Å²) in [5, 5.41) is 16.8. The lowest BCUT2D eigenvalue weighted by Crippen LogP contribution is -1.95.